The van der Waals surface area contributed by atoms with E-state index in [0.29, 0.717) is 0 Å². The lowest BCUT2D eigenvalue weighted by Gasteiger charge is -2.17. The molecule has 2 atom stereocenters. The van der Waals surface area contributed by atoms with Gasteiger partial charge >= 0.3 is 5.97 Å². The van der Waals surface area contributed by atoms with Gasteiger partial charge in [0.05, 0.1) is 5.92 Å². The Labute approximate surface area is 96.3 Å². The van der Waals surface area contributed by atoms with E-state index < -0.39 is 5.97 Å². The summed E-state index contributed by atoms with van der Waals surface area (Å²) in [5, 5.41) is 9.76. The maximum atomic E-state index is 10.9. The highest BCUT2D eigenvalue weighted by molar-refractivity contribution is 6.30. The Bertz CT molecular complexity index is 310. The van der Waals surface area contributed by atoms with Crippen LogP contribution in [0.4, 0.5) is 0 Å². The monoisotopic (exact) mass is 230 g/mol. The second-order valence-electron chi connectivity index (χ2n) is 5.93. The minimum atomic E-state index is -0.723. The van der Waals surface area contributed by atoms with E-state index in [-0.39, 0.29) is 22.7 Å². The zero-order valence-electron chi connectivity index (χ0n) is 9.97. The fraction of sp³-hybridized carbons (Fsp3) is 0.750. The molecule has 3 heteroatoms. The molecule has 1 saturated carbocycles. The summed E-state index contributed by atoms with van der Waals surface area (Å²) in [7, 11) is 0. The Morgan fingerprint density at radius 1 is 1.40 bits per heavy atom. The van der Waals surface area contributed by atoms with Crippen LogP contribution < -0.4 is 0 Å². The number of carboxylic acids is 1. The topological polar surface area (TPSA) is 37.3 Å². The third kappa shape index (κ3) is 2.36. The van der Waals surface area contributed by atoms with Gasteiger partial charge in [0.1, 0.15) is 0 Å². The van der Waals surface area contributed by atoms with Crippen LogP contribution in [0.15, 0.2) is 11.1 Å². The van der Waals surface area contributed by atoms with Crippen molar-refractivity contribution < 1.29 is 9.90 Å². The first-order valence-electron chi connectivity index (χ1n) is 5.19. The second-order valence-corrected chi connectivity index (χ2v) is 6.33. The normalized spacial score (nSPS) is 30.1. The first-order chi connectivity index (χ1) is 6.58. The van der Waals surface area contributed by atoms with Crippen LogP contribution in [0.5, 0.6) is 0 Å². The highest BCUT2D eigenvalue weighted by Gasteiger charge is 2.61. The largest absolute Gasteiger partial charge is 0.481 e. The summed E-state index contributed by atoms with van der Waals surface area (Å²) >= 11 is 6.16. The molecule has 0 aromatic heterocycles. The van der Waals surface area contributed by atoms with Gasteiger partial charge in [-0.05, 0) is 16.7 Å². The molecule has 1 fully saturated rings. The molecule has 2 nitrogen and oxygen atoms in total. The summed E-state index contributed by atoms with van der Waals surface area (Å²) in [6.07, 6.45) is 1.92. The number of carbonyl (C=O) groups is 1. The maximum Gasteiger partial charge on any atom is 0.307 e. The molecule has 1 aliphatic carbocycles. The van der Waals surface area contributed by atoms with Crippen molar-refractivity contribution in [2.45, 2.75) is 34.6 Å². The van der Waals surface area contributed by atoms with Gasteiger partial charge in [0, 0.05) is 5.03 Å². The minimum Gasteiger partial charge on any atom is -0.481 e. The number of hydrogen-bond donors (Lipinski definition) is 1. The molecule has 1 aliphatic rings. The smallest absolute Gasteiger partial charge is 0.307 e. The van der Waals surface area contributed by atoms with E-state index in [1.54, 1.807) is 0 Å². The van der Waals surface area contributed by atoms with Crippen molar-refractivity contribution in [3.05, 3.63) is 11.1 Å². The average Bonchev–Trinajstić information content (AvgIpc) is 2.50. The second kappa shape index (κ2) is 3.51. The Kier molecular flexibility index (Phi) is 2.94. The highest BCUT2D eigenvalue weighted by Crippen LogP contribution is 2.60. The van der Waals surface area contributed by atoms with Crippen LogP contribution in [-0.2, 0) is 4.79 Å². The van der Waals surface area contributed by atoms with Crippen molar-refractivity contribution in [3.8, 4) is 0 Å². The predicted molar refractivity (Wildman–Crippen MR) is 61.8 cm³/mol. The van der Waals surface area contributed by atoms with Gasteiger partial charge in [-0.2, -0.15) is 0 Å². The van der Waals surface area contributed by atoms with Gasteiger partial charge in [0.25, 0.3) is 0 Å². The standard InChI is InChI=1S/C12H19ClO2/c1-11(2,3)8(13)6-7-9(10(14)15)12(7,4)5/h6-7,9H,1-5H3,(H,14,15)/t7-,9+/m1/s1. The molecule has 0 unspecified atom stereocenters. The predicted octanol–water partition coefficient (Wildman–Crippen LogP) is 3.51. The van der Waals surface area contributed by atoms with Crippen LogP contribution in [0.25, 0.3) is 0 Å². The average molecular weight is 231 g/mol. The maximum absolute atomic E-state index is 10.9. The van der Waals surface area contributed by atoms with E-state index in [2.05, 4.69) is 0 Å². The fourth-order valence-electron chi connectivity index (χ4n) is 1.87. The summed E-state index contributed by atoms with van der Waals surface area (Å²) < 4.78 is 0. The molecule has 0 radical (unpaired) electrons. The lowest BCUT2D eigenvalue weighted by molar-refractivity contribution is -0.139. The van der Waals surface area contributed by atoms with Crippen LogP contribution in [0, 0.1) is 22.7 Å². The van der Waals surface area contributed by atoms with E-state index in [0.717, 1.165) is 5.03 Å². The molecule has 15 heavy (non-hydrogen) atoms. The Hall–Kier alpha value is -0.500. The molecule has 0 aliphatic heterocycles. The van der Waals surface area contributed by atoms with Crippen molar-refractivity contribution in [3.63, 3.8) is 0 Å². The summed E-state index contributed by atoms with van der Waals surface area (Å²) in [5.74, 6) is -0.935. The third-order valence-corrected chi connectivity index (χ3v) is 3.91. The fourth-order valence-corrected chi connectivity index (χ4v) is 2.00. The number of rotatable bonds is 2. The van der Waals surface area contributed by atoms with Crippen LogP contribution in [-0.4, -0.2) is 11.1 Å². The number of allylic oxidation sites excluding steroid dienone is 2. The molecule has 0 spiro atoms. The van der Waals surface area contributed by atoms with E-state index in [9.17, 15) is 4.79 Å². The molecular formula is C12H19ClO2. The van der Waals surface area contributed by atoms with Gasteiger partial charge in [-0.15, -0.1) is 0 Å². The Morgan fingerprint density at radius 2 is 1.87 bits per heavy atom. The summed E-state index contributed by atoms with van der Waals surface area (Å²) in [6, 6.07) is 0. The molecule has 0 bridgehead atoms. The summed E-state index contributed by atoms with van der Waals surface area (Å²) in [5.41, 5.74) is -0.250. The lowest BCUT2D eigenvalue weighted by atomic mass is 9.94. The van der Waals surface area contributed by atoms with Crippen molar-refractivity contribution in [2.24, 2.45) is 22.7 Å². The first kappa shape index (κ1) is 12.6. The van der Waals surface area contributed by atoms with Crippen molar-refractivity contribution in [1.29, 1.82) is 0 Å². The zero-order valence-corrected chi connectivity index (χ0v) is 10.7. The Balaban J connectivity index is 2.83. The minimum absolute atomic E-state index is 0.0710. The van der Waals surface area contributed by atoms with E-state index >= 15 is 0 Å². The van der Waals surface area contributed by atoms with Gasteiger partial charge < -0.3 is 5.11 Å². The van der Waals surface area contributed by atoms with Crippen molar-refractivity contribution >= 4 is 17.6 Å². The van der Waals surface area contributed by atoms with Gasteiger partial charge in [0.2, 0.25) is 0 Å². The van der Waals surface area contributed by atoms with E-state index in [4.69, 9.17) is 16.7 Å². The first-order valence-corrected chi connectivity index (χ1v) is 5.57. The number of halogens is 1. The third-order valence-electron chi connectivity index (χ3n) is 3.22. The van der Waals surface area contributed by atoms with Gasteiger partial charge in [-0.25, -0.2) is 0 Å². The molecule has 0 aromatic carbocycles. The van der Waals surface area contributed by atoms with Crippen LogP contribution in [0.3, 0.4) is 0 Å². The van der Waals surface area contributed by atoms with Crippen LogP contribution in [0.2, 0.25) is 0 Å². The molecule has 0 heterocycles. The zero-order chi connectivity index (χ0) is 12.0. The molecule has 1 N–H and O–H groups in total. The van der Waals surface area contributed by atoms with E-state index in [1.807, 2.05) is 40.7 Å². The molecule has 86 valence electrons. The van der Waals surface area contributed by atoms with Crippen molar-refractivity contribution in [2.75, 3.05) is 0 Å². The van der Waals surface area contributed by atoms with Gasteiger partial charge in [0.15, 0.2) is 0 Å². The SMILES string of the molecule is CC(C)(C)C(Cl)=C[C@@H]1[C@@H](C(=O)O)C1(C)C. The van der Waals surface area contributed by atoms with Crippen LogP contribution >= 0.6 is 11.6 Å². The van der Waals surface area contributed by atoms with Crippen LogP contribution in [0.1, 0.15) is 34.6 Å². The molecule has 0 amide bonds. The van der Waals surface area contributed by atoms with Gasteiger partial charge in [-0.3, -0.25) is 4.79 Å². The highest BCUT2D eigenvalue weighted by atomic mass is 35.5. The summed E-state index contributed by atoms with van der Waals surface area (Å²) in [4.78, 5) is 10.9. The molecular weight excluding hydrogens is 212 g/mol. The number of aliphatic carboxylic acids is 1. The molecule has 0 aromatic rings. The lowest BCUT2D eigenvalue weighted by Crippen LogP contribution is -2.05. The summed E-state index contributed by atoms with van der Waals surface area (Å²) in [6.45, 7) is 10.0. The van der Waals surface area contributed by atoms with E-state index in [1.165, 1.54) is 0 Å². The number of carboxylic acid groups (broad SMARTS) is 1. The Morgan fingerprint density at radius 3 is 2.13 bits per heavy atom. The number of hydrogen-bond acceptors (Lipinski definition) is 1. The molecule has 0 saturated heterocycles. The molecule has 1 rings (SSSR count). The van der Waals surface area contributed by atoms with Gasteiger partial charge in [-0.1, -0.05) is 52.3 Å². The quantitative estimate of drug-likeness (QED) is 0.788. The van der Waals surface area contributed by atoms with Crippen molar-refractivity contribution in [1.82, 2.24) is 0 Å².